The van der Waals surface area contributed by atoms with Crippen molar-refractivity contribution in [3.8, 4) is 0 Å². The van der Waals surface area contributed by atoms with E-state index in [2.05, 4.69) is 46.5 Å². The summed E-state index contributed by atoms with van der Waals surface area (Å²) in [7, 11) is 0. The van der Waals surface area contributed by atoms with E-state index in [0.717, 1.165) is 18.7 Å². The lowest BCUT2D eigenvalue weighted by Gasteiger charge is -2.04. The van der Waals surface area contributed by atoms with E-state index >= 15 is 0 Å². The quantitative estimate of drug-likeness (QED) is 0.845. The highest BCUT2D eigenvalue weighted by Crippen LogP contribution is 2.03. The molecule has 1 aromatic carbocycles. The van der Waals surface area contributed by atoms with Gasteiger partial charge < -0.3 is 5.32 Å². The van der Waals surface area contributed by atoms with Crippen molar-refractivity contribution >= 4 is 0 Å². The molecule has 0 amide bonds. The molecule has 3 nitrogen and oxygen atoms in total. The predicted octanol–water partition coefficient (Wildman–Crippen LogP) is 2.07. The number of benzene rings is 1. The van der Waals surface area contributed by atoms with Crippen molar-refractivity contribution in [2.24, 2.45) is 0 Å². The molecule has 2 aromatic rings. The molecule has 0 bridgehead atoms. The monoisotopic (exact) mass is 213 g/mol. The van der Waals surface area contributed by atoms with Crippen LogP contribution >= 0.6 is 0 Å². The van der Waals surface area contributed by atoms with E-state index in [1.165, 1.54) is 11.1 Å². The molecule has 0 radical (unpaired) electrons. The molecule has 0 aliphatic heterocycles. The predicted molar refractivity (Wildman–Crippen MR) is 63.8 cm³/mol. The molecule has 1 heterocycles. The zero-order valence-electron chi connectivity index (χ0n) is 9.35. The Balaban J connectivity index is 1.82. The molecule has 0 spiro atoms. The molecule has 0 saturated heterocycles. The van der Waals surface area contributed by atoms with E-state index in [1.807, 2.05) is 12.4 Å². The molecule has 1 N–H and O–H groups in total. The van der Waals surface area contributed by atoms with Crippen LogP contribution in [0.2, 0.25) is 0 Å². The zero-order chi connectivity index (χ0) is 11.2. The van der Waals surface area contributed by atoms with Gasteiger partial charge in [0.2, 0.25) is 0 Å². The van der Waals surface area contributed by atoms with Crippen LogP contribution in [0.1, 0.15) is 16.7 Å². The molecule has 16 heavy (non-hydrogen) atoms. The van der Waals surface area contributed by atoms with Crippen LogP contribution in [-0.2, 0) is 13.1 Å². The number of aromatic nitrogens is 2. The van der Waals surface area contributed by atoms with Gasteiger partial charge in [-0.05, 0) is 12.5 Å². The SMILES string of the molecule is Cc1ccc(CNCc2cncnc2)cc1. The van der Waals surface area contributed by atoms with Crippen LogP contribution in [-0.4, -0.2) is 9.97 Å². The van der Waals surface area contributed by atoms with Crippen molar-refractivity contribution in [1.82, 2.24) is 15.3 Å². The summed E-state index contributed by atoms with van der Waals surface area (Å²) in [6.45, 7) is 3.77. The van der Waals surface area contributed by atoms with Crippen molar-refractivity contribution in [2.45, 2.75) is 20.0 Å². The van der Waals surface area contributed by atoms with Crippen LogP contribution in [0.5, 0.6) is 0 Å². The standard InChI is InChI=1S/C13H15N3/c1-11-2-4-12(5-3-11)6-14-7-13-8-15-10-16-9-13/h2-5,8-10,14H,6-7H2,1H3. The second-order valence-corrected chi connectivity index (χ2v) is 3.84. The second kappa shape index (κ2) is 5.37. The minimum atomic E-state index is 0.800. The molecule has 3 heteroatoms. The molecule has 0 atom stereocenters. The number of hydrogen-bond donors (Lipinski definition) is 1. The number of hydrogen-bond acceptors (Lipinski definition) is 3. The molecule has 0 fully saturated rings. The van der Waals surface area contributed by atoms with E-state index in [0.29, 0.717) is 0 Å². The van der Waals surface area contributed by atoms with E-state index < -0.39 is 0 Å². The van der Waals surface area contributed by atoms with Crippen molar-refractivity contribution in [1.29, 1.82) is 0 Å². The highest BCUT2D eigenvalue weighted by Gasteiger charge is 1.94. The second-order valence-electron chi connectivity index (χ2n) is 3.84. The summed E-state index contributed by atoms with van der Waals surface area (Å²) < 4.78 is 0. The first kappa shape index (κ1) is 10.8. The first-order chi connectivity index (χ1) is 7.84. The van der Waals surface area contributed by atoms with E-state index in [4.69, 9.17) is 0 Å². The lowest BCUT2D eigenvalue weighted by atomic mass is 10.1. The minimum Gasteiger partial charge on any atom is -0.309 e. The zero-order valence-corrected chi connectivity index (χ0v) is 9.35. The summed E-state index contributed by atoms with van der Waals surface area (Å²) in [5, 5.41) is 3.36. The summed E-state index contributed by atoms with van der Waals surface area (Å²) in [5.74, 6) is 0. The Kier molecular flexibility index (Phi) is 3.62. The molecule has 0 aliphatic rings. The first-order valence-electron chi connectivity index (χ1n) is 5.35. The van der Waals surface area contributed by atoms with Crippen molar-refractivity contribution in [3.05, 3.63) is 59.7 Å². The lowest BCUT2D eigenvalue weighted by Crippen LogP contribution is -2.12. The van der Waals surface area contributed by atoms with Crippen LogP contribution in [0.4, 0.5) is 0 Å². The summed E-state index contributed by atoms with van der Waals surface area (Å²) in [5.41, 5.74) is 3.69. The third kappa shape index (κ3) is 3.14. The Morgan fingerprint density at radius 2 is 1.56 bits per heavy atom. The van der Waals surface area contributed by atoms with Crippen molar-refractivity contribution < 1.29 is 0 Å². The van der Waals surface area contributed by atoms with Crippen LogP contribution in [0.15, 0.2) is 43.0 Å². The van der Waals surface area contributed by atoms with Gasteiger partial charge in [0.05, 0.1) is 0 Å². The molecule has 0 aliphatic carbocycles. The Morgan fingerprint density at radius 1 is 0.938 bits per heavy atom. The summed E-state index contributed by atoms with van der Waals surface area (Å²) in [6, 6.07) is 8.54. The van der Waals surface area contributed by atoms with Crippen LogP contribution in [0, 0.1) is 6.92 Å². The fraction of sp³-hybridized carbons (Fsp3) is 0.231. The molecular weight excluding hydrogens is 198 g/mol. The van der Waals surface area contributed by atoms with Crippen LogP contribution in [0.3, 0.4) is 0 Å². The third-order valence-corrected chi connectivity index (χ3v) is 2.39. The van der Waals surface area contributed by atoms with E-state index in [-0.39, 0.29) is 0 Å². The van der Waals surface area contributed by atoms with E-state index in [1.54, 1.807) is 6.33 Å². The normalized spacial score (nSPS) is 10.3. The van der Waals surface area contributed by atoms with Gasteiger partial charge in [0.1, 0.15) is 6.33 Å². The Hall–Kier alpha value is -1.74. The Bertz CT molecular complexity index is 423. The van der Waals surface area contributed by atoms with Crippen molar-refractivity contribution in [3.63, 3.8) is 0 Å². The molecular formula is C13H15N3. The van der Waals surface area contributed by atoms with Gasteiger partial charge in [-0.2, -0.15) is 0 Å². The first-order valence-corrected chi connectivity index (χ1v) is 5.35. The average Bonchev–Trinajstić information content (AvgIpc) is 2.33. The lowest BCUT2D eigenvalue weighted by molar-refractivity contribution is 0.688. The van der Waals surface area contributed by atoms with Gasteiger partial charge in [-0.25, -0.2) is 9.97 Å². The molecule has 82 valence electrons. The summed E-state index contributed by atoms with van der Waals surface area (Å²) >= 11 is 0. The maximum absolute atomic E-state index is 3.97. The minimum absolute atomic E-state index is 0.800. The summed E-state index contributed by atoms with van der Waals surface area (Å²) in [4.78, 5) is 7.94. The van der Waals surface area contributed by atoms with E-state index in [9.17, 15) is 0 Å². The van der Waals surface area contributed by atoms with Crippen LogP contribution < -0.4 is 5.32 Å². The van der Waals surface area contributed by atoms with Gasteiger partial charge in [-0.1, -0.05) is 29.8 Å². The van der Waals surface area contributed by atoms with Gasteiger partial charge in [-0.3, -0.25) is 0 Å². The fourth-order valence-electron chi connectivity index (χ4n) is 1.48. The highest BCUT2D eigenvalue weighted by atomic mass is 14.9. The number of rotatable bonds is 4. The maximum atomic E-state index is 3.97. The Morgan fingerprint density at radius 3 is 2.25 bits per heavy atom. The van der Waals surface area contributed by atoms with Gasteiger partial charge in [0, 0.05) is 31.0 Å². The van der Waals surface area contributed by atoms with Crippen molar-refractivity contribution in [2.75, 3.05) is 0 Å². The van der Waals surface area contributed by atoms with Gasteiger partial charge >= 0.3 is 0 Å². The van der Waals surface area contributed by atoms with Gasteiger partial charge in [0.25, 0.3) is 0 Å². The molecule has 0 unspecified atom stereocenters. The summed E-state index contributed by atoms with van der Waals surface area (Å²) in [6.07, 6.45) is 5.20. The third-order valence-electron chi connectivity index (χ3n) is 2.39. The number of aryl methyl sites for hydroxylation is 1. The molecule has 2 rings (SSSR count). The number of nitrogens with one attached hydrogen (secondary N) is 1. The largest absolute Gasteiger partial charge is 0.309 e. The highest BCUT2D eigenvalue weighted by molar-refractivity contribution is 5.21. The Labute approximate surface area is 95.6 Å². The van der Waals surface area contributed by atoms with Gasteiger partial charge in [0.15, 0.2) is 0 Å². The fourth-order valence-corrected chi connectivity index (χ4v) is 1.48. The molecule has 1 aromatic heterocycles. The number of nitrogens with zero attached hydrogens (tertiary/aromatic N) is 2. The topological polar surface area (TPSA) is 37.8 Å². The van der Waals surface area contributed by atoms with Crippen LogP contribution in [0.25, 0.3) is 0 Å². The van der Waals surface area contributed by atoms with Gasteiger partial charge in [-0.15, -0.1) is 0 Å². The smallest absolute Gasteiger partial charge is 0.115 e. The maximum Gasteiger partial charge on any atom is 0.115 e. The molecule has 0 saturated carbocycles. The average molecular weight is 213 g/mol.